The molecule has 1 atom stereocenters. The van der Waals surface area contributed by atoms with E-state index in [9.17, 15) is 18.0 Å². The highest BCUT2D eigenvalue weighted by molar-refractivity contribution is 7.92. The number of sulfonamides is 1. The standard InChI is InChI=1S/C33H33Cl2N3O6S/c1-36-33(40)29(19-23-7-5-4-6-8-23)37(21-24-9-11-25(34)12-10-24)32(39)22-38(27-15-13-26(35)14-16-27)45(41,42)28-17-18-30(43-2)31(20-28)44-3/h4-18,20,29H,19,21-22H2,1-3H3,(H,36,40)/t29-/m1/s1. The minimum Gasteiger partial charge on any atom is -0.493 e. The second-order valence-electron chi connectivity index (χ2n) is 9.97. The Morgan fingerprint density at radius 1 is 0.800 bits per heavy atom. The highest BCUT2D eigenvalue weighted by Crippen LogP contribution is 2.33. The number of hydrogen-bond donors (Lipinski definition) is 1. The van der Waals surface area contributed by atoms with Crippen LogP contribution < -0.4 is 19.1 Å². The van der Waals surface area contributed by atoms with Gasteiger partial charge in [0, 0.05) is 36.1 Å². The van der Waals surface area contributed by atoms with E-state index in [0.717, 1.165) is 9.87 Å². The van der Waals surface area contributed by atoms with Crippen molar-refractivity contribution in [3.63, 3.8) is 0 Å². The van der Waals surface area contributed by atoms with E-state index in [1.54, 1.807) is 24.3 Å². The van der Waals surface area contributed by atoms with Gasteiger partial charge in [-0.25, -0.2) is 8.42 Å². The average molecular weight is 671 g/mol. The highest BCUT2D eigenvalue weighted by Gasteiger charge is 2.34. The summed E-state index contributed by atoms with van der Waals surface area (Å²) in [5.74, 6) is -0.461. The lowest BCUT2D eigenvalue weighted by atomic mass is 10.0. The predicted molar refractivity (Wildman–Crippen MR) is 176 cm³/mol. The molecule has 0 aliphatic heterocycles. The number of hydrogen-bond acceptors (Lipinski definition) is 6. The van der Waals surface area contributed by atoms with E-state index in [0.29, 0.717) is 21.4 Å². The van der Waals surface area contributed by atoms with Crippen LogP contribution in [-0.2, 0) is 32.6 Å². The van der Waals surface area contributed by atoms with Crippen molar-refractivity contribution in [2.45, 2.75) is 23.9 Å². The lowest BCUT2D eigenvalue weighted by Crippen LogP contribution is -2.53. The fourth-order valence-electron chi connectivity index (χ4n) is 4.75. The third-order valence-corrected chi connectivity index (χ3v) is 9.39. The minimum absolute atomic E-state index is 0.0196. The first-order valence-electron chi connectivity index (χ1n) is 13.9. The summed E-state index contributed by atoms with van der Waals surface area (Å²) < 4.78 is 40.1. The van der Waals surface area contributed by atoms with Crippen molar-refractivity contribution >= 4 is 50.7 Å². The largest absolute Gasteiger partial charge is 0.493 e. The summed E-state index contributed by atoms with van der Waals surface area (Å²) in [6.45, 7) is -0.597. The first kappa shape index (κ1) is 33.6. The number of amides is 2. The molecule has 0 unspecified atom stereocenters. The summed E-state index contributed by atoms with van der Waals surface area (Å²) in [5, 5.41) is 3.56. The van der Waals surface area contributed by atoms with Gasteiger partial charge in [-0.15, -0.1) is 0 Å². The van der Waals surface area contributed by atoms with Crippen LogP contribution in [0.4, 0.5) is 5.69 Å². The number of rotatable bonds is 13. The Balaban J connectivity index is 1.80. The zero-order valence-corrected chi connectivity index (χ0v) is 27.3. The lowest BCUT2D eigenvalue weighted by Gasteiger charge is -2.33. The number of likely N-dealkylation sites (N-methyl/N-ethyl adjacent to an activating group) is 1. The third kappa shape index (κ3) is 8.27. The van der Waals surface area contributed by atoms with E-state index in [1.807, 2.05) is 30.3 Å². The molecule has 0 saturated heterocycles. The Kier molecular flexibility index (Phi) is 11.3. The normalized spacial score (nSPS) is 11.8. The number of methoxy groups -OCH3 is 2. The van der Waals surface area contributed by atoms with Crippen LogP contribution in [0.5, 0.6) is 11.5 Å². The van der Waals surface area contributed by atoms with Gasteiger partial charge in [0.05, 0.1) is 24.8 Å². The number of benzene rings is 4. The van der Waals surface area contributed by atoms with E-state index in [1.165, 1.54) is 68.6 Å². The Morgan fingerprint density at radius 2 is 1.40 bits per heavy atom. The number of carbonyl (C=O) groups excluding carboxylic acids is 2. The number of carbonyl (C=O) groups is 2. The van der Waals surface area contributed by atoms with Crippen LogP contribution in [-0.4, -0.2) is 59.0 Å². The molecule has 4 aromatic carbocycles. The maximum atomic E-state index is 14.4. The summed E-state index contributed by atoms with van der Waals surface area (Å²) in [6, 6.07) is 25.5. The van der Waals surface area contributed by atoms with Crippen molar-refractivity contribution in [2.75, 3.05) is 32.1 Å². The van der Waals surface area contributed by atoms with Gasteiger partial charge in [0.2, 0.25) is 11.8 Å². The topological polar surface area (TPSA) is 105 Å². The molecule has 0 radical (unpaired) electrons. The Morgan fingerprint density at radius 3 is 1.98 bits per heavy atom. The maximum absolute atomic E-state index is 14.4. The fraction of sp³-hybridized carbons (Fsp3) is 0.212. The Labute approximate surface area is 273 Å². The van der Waals surface area contributed by atoms with Gasteiger partial charge >= 0.3 is 0 Å². The van der Waals surface area contributed by atoms with Gasteiger partial charge in [0.1, 0.15) is 12.6 Å². The van der Waals surface area contributed by atoms with Gasteiger partial charge in [-0.3, -0.25) is 13.9 Å². The molecule has 0 aromatic heterocycles. The molecule has 4 rings (SSSR count). The molecule has 0 heterocycles. The quantitative estimate of drug-likeness (QED) is 0.199. The smallest absolute Gasteiger partial charge is 0.264 e. The monoisotopic (exact) mass is 669 g/mol. The molecule has 0 bridgehead atoms. The number of halogens is 2. The van der Waals surface area contributed by atoms with Crippen LogP contribution in [0, 0.1) is 0 Å². The molecule has 2 amide bonds. The molecule has 9 nitrogen and oxygen atoms in total. The van der Waals surface area contributed by atoms with Crippen molar-refractivity contribution in [1.29, 1.82) is 0 Å². The SMILES string of the molecule is CNC(=O)[C@@H](Cc1ccccc1)N(Cc1ccc(Cl)cc1)C(=O)CN(c1ccc(Cl)cc1)S(=O)(=O)c1ccc(OC)c(OC)c1. The van der Waals surface area contributed by atoms with Crippen molar-refractivity contribution in [3.05, 3.63) is 118 Å². The Bertz CT molecular complexity index is 1720. The number of anilines is 1. The number of nitrogens with one attached hydrogen (secondary N) is 1. The van der Waals surface area contributed by atoms with Crippen LogP contribution in [0.3, 0.4) is 0 Å². The molecule has 0 spiro atoms. The van der Waals surface area contributed by atoms with Gasteiger partial charge in [-0.1, -0.05) is 65.7 Å². The van der Waals surface area contributed by atoms with Crippen LogP contribution in [0.1, 0.15) is 11.1 Å². The van der Waals surface area contributed by atoms with Crippen LogP contribution in [0.2, 0.25) is 10.0 Å². The molecule has 1 N–H and O–H groups in total. The zero-order chi connectivity index (χ0) is 32.6. The molecule has 0 fully saturated rings. The number of nitrogens with zero attached hydrogens (tertiary/aromatic N) is 2. The first-order valence-corrected chi connectivity index (χ1v) is 16.1. The molecule has 4 aromatic rings. The fourth-order valence-corrected chi connectivity index (χ4v) is 6.43. The van der Waals surface area contributed by atoms with E-state index in [-0.39, 0.29) is 29.3 Å². The van der Waals surface area contributed by atoms with Crippen LogP contribution in [0.25, 0.3) is 0 Å². The van der Waals surface area contributed by atoms with Gasteiger partial charge in [0.25, 0.3) is 10.0 Å². The van der Waals surface area contributed by atoms with Crippen molar-refractivity contribution in [3.8, 4) is 11.5 Å². The Hall–Kier alpha value is -4.25. The van der Waals surface area contributed by atoms with Gasteiger partial charge in [-0.2, -0.15) is 0 Å². The van der Waals surface area contributed by atoms with E-state index >= 15 is 0 Å². The van der Waals surface area contributed by atoms with Gasteiger partial charge < -0.3 is 19.7 Å². The molecule has 236 valence electrons. The lowest BCUT2D eigenvalue weighted by molar-refractivity contribution is -0.139. The van der Waals surface area contributed by atoms with Crippen molar-refractivity contribution < 1.29 is 27.5 Å². The van der Waals surface area contributed by atoms with Gasteiger partial charge in [-0.05, 0) is 59.7 Å². The third-order valence-electron chi connectivity index (χ3n) is 7.12. The summed E-state index contributed by atoms with van der Waals surface area (Å²) in [7, 11) is -0.0193. The summed E-state index contributed by atoms with van der Waals surface area (Å²) >= 11 is 12.2. The predicted octanol–water partition coefficient (Wildman–Crippen LogP) is 5.59. The van der Waals surface area contributed by atoms with Crippen molar-refractivity contribution in [2.24, 2.45) is 0 Å². The molecular weight excluding hydrogens is 637 g/mol. The molecule has 0 aliphatic rings. The second kappa shape index (κ2) is 15.2. The molecular formula is C33H33Cl2N3O6S. The molecule has 0 saturated carbocycles. The van der Waals surface area contributed by atoms with Crippen LogP contribution >= 0.6 is 23.2 Å². The van der Waals surface area contributed by atoms with Crippen LogP contribution in [0.15, 0.2) is 102 Å². The van der Waals surface area contributed by atoms with E-state index in [4.69, 9.17) is 32.7 Å². The van der Waals surface area contributed by atoms with E-state index in [2.05, 4.69) is 5.32 Å². The number of ether oxygens (including phenoxy) is 2. The minimum atomic E-state index is -4.35. The zero-order valence-electron chi connectivity index (χ0n) is 24.9. The molecule has 45 heavy (non-hydrogen) atoms. The average Bonchev–Trinajstić information content (AvgIpc) is 3.06. The first-order chi connectivity index (χ1) is 21.6. The van der Waals surface area contributed by atoms with E-state index < -0.39 is 34.4 Å². The second-order valence-corrected chi connectivity index (χ2v) is 12.7. The maximum Gasteiger partial charge on any atom is 0.264 e. The summed E-state index contributed by atoms with van der Waals surface area (Å²) in [5.41, 5.74) is 1.73. The summed E-state index contributed by atoms with van der Waals surface area (Å²) in [4.78, 5) is 29.0. The molecule has 0 aliphatic carbocycles. The van der Waals surface area contributed by atoms with Gasteiger partial charge in [0.15, 0.2) is 11.5 Å². The molecule has 12 heteroatoms. The van der Waals surface area contributed by atoms with Crippen molar-refractivity contribution in [1.82, 2.24) is 10.2 Å². The summed E-state index contributed by atoms with van der Waals surface area (Å²) in [6.07, 6.45) is 0.198. The highest BCUT2D eigenvalue weighted by atomic mass is 35.5.